The standard InChI is InChI=1S/C11H17N3/c1-4-8(3)10-7-13-11(14-10)9(5-2)6-12/h2,7-9H,4,6,12H2,1,3H3,(H,13,14). The van der Waals surface area contributed by atoms with Crippen molar-refractivity contribution in [3.8, 4) is 12.3 Å². The third kappa shape index (κ3) is 2.15. The van der Waals surface area contributed by atoms with E-state index in [1.54, 1.807) is 0 Å². The van der Waals surface area contributed by atoms with Crippen molar-refractivity contribution in [1.29, 1.82) is 0 Å². The first-order chi connectivity index (χ1) is 6.72. The summed E-state index contributed by atoms with van der Waals surface area (Å²) in [6, 6.07) is 0. The lowest BCUT2D eigenvalue weighted by Gasteiger charge is -2.05. The summed E-state index contributed by atoms with van der Waals surface area (Å²) < 4.78 is 0. The number of rotatable bonds is 4. The number of nitrogens with one attached hydrogen (secondary N) is 1. The molecule has 14 heavy (non-hydrogen) atoms. The lowest BCUT2D eigenvalue weighted by Crippen LogP contribution is -2.12. The molecule has 3 heteroatoms. The first-order valence-corrected chi connectivity index (χ1v) is 4.93. The fraction of sp³-hybridized carbons (Fsp3) is 0.545. The maximum atomic E-state index is 5.53. The van der Waals surface area contributed by atoms with Crippen molar-refractivity contribution < 1.29 is 0 Å². The fourth-order valence-corrected chi connectivity index (χ4v) is 1.26. The molecule has 0 aromatic carbocycles. The van der Waals surface area contributed by atoms with Gasteiger partial charge in [0, 0.05) is 18.4 Å². The van der Waals surface area contributed by atoms with Crippen molar-refractivity contribution in [2.75, 3.05) is 6.54 Å². The van der Waals surface area contributed by atoms with E-state index in [1.807, 2.05) is 6.20 Å². The molecule has 0 aliphatic rings. The van der Waals surface area contributed by atoms with Gasteiger partial charge in [-0.25, -0.2) is 4.98 Å². The van der Waals surface area contributed by atoms with Gasteiger partial charge in [0.1, 0.15) is 5.82 Å². The van der Waals surface area contributed by atoms with Crippen LogP contribution in [0.3, 0.4) is 0 Å². The monoisotopic (exact) mass is 191 g/mol. The molecular weight excluding hydrogens is 174 g/mol. The van der Waals surface area contributed by atoms with E-state index < -0.39 is 0 Å². The minimum absolute atomic E-state index is 0.0900. The number of aromatic nitrogens is 2. The summed E-state index contributed by atoms with van der Waals surface area (Å²) in [5.74, 6) is 3.83. The van der Waals surface area contributed by atoms with E-state index in [-0.39, 0.29) is 5.92 Å². The molecule has 3 N–H and O–H groups in total. The zero-order valence-electron chi connectivity index (χ0n) is 8.75. The first kappa shape index (κ1) is 10.8. The van der Waals surface area contributed by atoms with Crippen LogP contribution in [-0.2, 0) is 0 Å². The molecular formula is C11H17N3. The van der Waals surface area contributed by atoms with Crippen LogP contribution >= 0.6 is 0 Å². The fourth-order valence-electron chi connectivity index (χ4n) is 1.26. The van der Waals surface area contributed by atoms with Crippen molar-refractivity contribution in [3.05, 3.63) is 17.7 Å². The number of hydrogen-bond acceptors (Lipinski definition) is 2. The van der Waals surface area contributed by atoms with Gasteiger partial charge in [-0.15, -0.1) is 6.42 Å². The van der Waals surface area contributed by atoms with Crippen molar-refractivity contribution >= 4 is 0 Å². The van der Waals surface area contributed by atoms with Gasteiger partial charge in [0.25, 0.3) is 0 Å². The largest absolute Gasteiger partial charge is 0.345 e. The molecule has 1 aromatic rings. The number of nitrogens with two attached hydrogens (primary N) is 1. The highest BCUT2D eigenvalue weighted by atomic mass is 14.9. The maximum Gasteiger partial charge on any atom is 0.122 e. The molecule has 3 nitrogen and oxygen atoms in total. The topological polar surface area (TPSA) is 54.7 Å². The molecule has 1 aromatic heterocycles. The van der Waals surface area contributed by atoms with Crippen LogP contribution in [0.25, 0.3) is 0 Å². The molecule has 0 saturated heterocycles. The molecule has 2 atom stereocenters. The Labute approximate surface area is 85.1 Å². The van der Waals surface area contributed by atoms with Crippen LogP contribution in [0.5, 0.6) is 0 Å². The molecule has 0 aliphatic heterocycles. The van der Waals surface area contributed by atoms with Crippen LogP contribution in [0.1, 0.15) is 43.6 Å². The van der Waals surface area contributed by atoms with E-state index in [0.29, 0.717) is 12.5 Å². The number of hydrogen-bond donors (Lipinski definition) is 2. The van der Waals surface area contributed by atoms with Gasteiger partial charge in [-0.05, 0) is 12.3 Å². The van der Waals surface area contributed by atoms with Crippen LogP contribution in [-0.4, -0.2) is 16.5 Å². The van der Waals surface area contributed by atoms with Crippen molar-refractivity contribution in [1.82, 2.24) is 9.97 Å². The zero-order chi connectivity index (χ0) is 10.6. The highest BCUT2D eigenvalue weighted by Crippen LogP contribution is 2.18. The molecule has 1 heterocycles. The molecule has 0 amide bonds. The Balaban J connectivity index is 2.82. The van der Waals surface area contributed by atoms with E-state index in [0.717, 1.165) is 17.9 Å². The second kappa shape index (κ2) is 4.83. The van der Waals surface area contributed by atoms with Gasteiger partial charge in [0.05, 0.1) is 5.92 Å². The average molecular weight is 191 g/mol. The zero-order valence-corrected chi connectivity index (χ0v) is 8.75. The third-order valence-corrected chi connectivity index (χ3v) is 2.53. The Morgan fingerprint density at radius 3 is 2.93 bits per heavy atom. The Morgan fingerprint density at radius 1 is 1.71 bits per heavy atom. The molecule has 0 fully saturated rings. The molecule has 0 radical (unpaired) electrons. The van der Waals surface area contributed by atoms with Gasteiger partial charge < -0.3 is 10.7 Å². The Hall–Kier alpha value is -1.27. The van der Waals surface area contributed by atoms with Crippen molar-refractivity contribution in [3.63, 3.8) is 0 Å². The predicted molar refractivity (Wildman–Crippen MR) is 57.9 cm³/mol. The quantitative estimate of drug-likeness (QED) is 0.710. The van der Waals surface area contributed by atoms with E-state index in [9.17, 15) is 0 Å². The van der Waals surface area contributed by atoms with Gasteiger partial charge in [0.2, 0.25) is 0 Å². The summed E-state index contributed by atoms with van der Waals surface area (Å²) in [6.07, 6.45) is 8.28. The van der Waals surface area contributed by atoms with E-state index in [2.05, 4.69) is 29.7 Å². The SMILES string of the molecule is C#CC(CN)c1ncc(C(C)CC)[nH]1. The molecule has 0 saturated carbocycles. The predicted octanol–water partition coefficient (Wildman–Crippen LogP) is 1.60. The lowest BCUT2D eigenvalue weighted by molar-refractivity contribution is 0.705. The summed E-state index contributed by atoms with van der Waals surface area (Å²) in [6.45, 7) is 4.74. The molecule has 76 valence electrons. The smallest absolute Gasteiger partial charge is 0.122 e. The molecule has 0 spiro atoms. The summed E-state index contributed by atoms with van der Waals surface area (Å²) in [5, 5.41) is 0. The lowest BCUT2D eigenvalue weighted by atomic mass is 10.1. The Bertz CT molecular complexity index is 322. The number of H-pyrrole nitrogens is 1. The van der Waals surface area contributed by atoms with Gasteiger partial charge in [0.15, 0.2) is 0 Å². The van der Waals surface area contributed by atoms with Crippen LogP contribution in [0, 0.1) is 12.3 Å². The van der Waals surface area contributed by atoms with Crippen molar-refractivity contribution in [2.24, 2.45) is 5.73 Å². The molecule has 1 rings (SSSR count). The van der Waals surface area contributed by atoms with Gasteiger partial charge in [-0.2, -0.15) is 0 Å². The number of nitrogens with zero attached hydrogens (tertiary/aromatic N) is 1. The number of imidazole rings is 1. The second-order valence-corrected chi connectivity index (χ2v) is 3.49. The number of terminal acetylenes is 1. The van der Waals surface area contributed by atoms with Gasteiger partial charge >= 0.3 is 0 Å². The highest BCUT2D eigenvalue weighted by molar-refractivity contribution is 5.17. The molecule has 0 bridgehead atoms. The van der Waals surface area contributed by atoms with Gasteiger partial charge in [-0.3, -0.25) is 0 Å². The molecule has 0 aliphatic carbocycles. The minimum atomic E-state index is -0.0900. The summed E-state index contributed by atoms with van der Waals surface area (Å²) in [7, 11) is 0. The average Bonchev–Trinajstić information content (AvgIpc) is 2.68. The van der Waals surface area contributed by atoms with Crippen LogP contribution in [0.4, 0.5) is 0 Å². The summed E-state index contributed by atoms with van der Waals surface area (Å²) in [5.41, 5.74) is 6.67. The van der Waals surface area contributed by atoms with Gasteiger partial charge in [-0.1, -0.05) is 19.8 Å². The van der Waals surface area contributed by atoms with Crippen LogP contribution < -0.4 is 5.73 Å². The maximum absolute atomic E-state index is 5.53. The Morgan fingerprint density at radius 2 is 2.43 bits per heavy atom. The highest BCUT2D eigenvalue weighted by Gasteiger charge is 2.12. The normalized spacial score (nSPS) is 14.7. The molecule has 2 unspecified atom stereocenters. The van der Waals surface area contributed by atoms with E-state index in [4.69, 9.17) is 12.2 Å². The van der Waals surface area contributed by atoms with E-state index in [1.165, 1.54) is 0 Å². The summed E-state index contributed by atoms with van der Waals surface area (Å²) >= 11 is 0. The first-order valence-electron chi connectivity index (χ1n) is 4.93. The van der Waals surface area contributed by atoms with E-state index >= 15 is 0 Å². The summed E-state index contributed by atoms with van der Waals surface area (Å²) in [4.78, 5) is 7.48. The van der Waals surface area contributed by atoms with Crippen molar-refractivity contribution in [2.45, 2.75) is 32.1 Å². The second-order valence-electron chi connectivity index (χ2n) is 3.49. The van der Waals surface area contributed by atoms with Crippen LogP contribution in [0.15, 0.2) is 6.20 Å². The third-order valence-electron chi connectivity index (χ3n) is 2.53. The Kier molecular flexibility index (Phi) is 3.73. The minimum Gasteiger partial charge on any atom is -0.345 e. The van der Waals surface area contributed by atoms with Crippen LogP contribution in [0.2, 0.25) is 0 Å². The number of aromatic amines is 1.